The Bertz CT molecular complexity index is 70.9. The first-order chi connectivity index (χ1) is 3.68. The molecule has 2 heteroatoms. The number of hydrogen-bond donors (Lipinski definition) is 0. The average Bonchev–Trinajstić information content (AvgIpc) is 1.67. The summed E-state index contributed by atoms with van der Waals surface area (Å²) in [5.74, 6) is 1.26. The summed E-state index contributed by atoms with van der Waals surface area (Å²) in [7, 11) is 0.284. The van der Waals surface area contributed by atoms with Gasteiger partial charge in [0.05, 0.1) is 0 Å². The van der Waals surface area contributed by atoms with Crippen LogP contribution in [0.25, 0.3) is 0 Å². The molecule has 1 unspecified atom stereocenters. The molecule has 0 aromatic carbocycles. The van der Waals surface area contributed by atoms with Crippen LogP contribution >= 0.6 is 8.46 Å². The lowest BCUT2D eigenvalue weighted by Gasteiger charge is -2.09. The van der Waals surface area contributed by atoms with Crippen molar-refractivity contribution in [1.29, 1.82) is 0 Å². The van der Waals surface area contributed by atoms with E-state index < -0.39 is 0 Å². The van der Waals surface area contributed by atoms with Crippen LogP contribution in [0.15, 0.2) is 0 Å². The van der Waals surface area contributed by atoms with Gasteiger partial charge in [0.15, 0.2) is 8.46 Å². The highest BCUT2D eigenvalue weighted by molar-refractivity contribution is 7.23. The standard InChI is InChI=1S/C6H13OP/c1-5(2)6(3)4-8-7/h5-6H,4H2,1-3H3. The second-order valence-corrected chi connectivity index (χ2v) is 3.16. The Kier molecular flexibility index (Phi) is 4.08. The zero-order valence-corrected chi connectivity index (χ0v) is 6.61. The van der Waals surface area contributed by atoms with E-state index in [-0.39, 0.29) is 8.46 Å². The van der Waals surface area contributed by atoms with Gasteiger partial charge in [-0.1, -0.05) is 20.8 Å². The van der Waals surface area contributed by atoms with Crippen molar-refractivity contribution in [3.05, 3.63) is 0 Å². The summed E-state index contributed by atoms with van der Waals surface area (Å²) >= 11 is 0. The second kappa shape index (κ2) is 4.03. The monoisotopic (exact) mass is 132 g/mol. The fourth-order valence-corrected chi connectivity index (χ4v) is 0.985. The first-order valence-corrected chi connectivity index (χ1v) is 3.97. The van der Waals surface area contributed by atoms with Gasteiger partial charge in [0.1, 0.15) is 0 Å². The van der Waals surface area contributed by atoms with Gasteiger partial charge in [-0.15, -0.1) is 0 Å². The summed E-state index contributed by atoms with van der Waals surface area (Å²) in [4.78, 5) is 0. The van der Waals surface area contributed by atoms with Gasteiger partial charge < -0.3 is 0 Å². The van der Waals surface area contributed by atoms with Crippen molar-refractivity contribution in [2.24, 2.45) is 11.8 Å². The van der Waals surface area contributed by atoms with Crippen LogP contribution in [0.3, 0.4) is 0 Å². The molecule has 0 heterocycles. The van der Waals surface area contributed by atoms with E-state index >= 15 is 0 Å². The molecule has 0 saturated heterocycles. The van der Waals surface area contributed by atoms with Crippen LogP contribution in [-0.2, 0) is 4.57 Å². The minimum Gasteiger partial charge on any atom is -0.275 e. The molecule has 0 N–H and O–H groups in total. The Morgan fingerprint density at radius 2 is 1.88 bits per heavy atom. The molecule has 0 radical (unpaired) electrons. The highest BCUT2D eigenvalue weighted by atomic mass is 31.1. The van der Waals surface area contributed by atoms with Crippen molar-refractivity contribution < 1.29 is 4.57 Å². The molecule has 0 saturated carbocycles. The summed E-state index contributed by atoms with van der Waals surface area (Å²) in [5.41, 5.74) is 0. The van der Waals surface area contributed by atoms with Crippen molar-refractivity contribution in [1.82, 2.24) is 0 Å². The lowest BCUT2D eigenvalue weighted by atomic mass is 10.0. The molecule has 0 aromatic rings. The van der Waals surface area contributed by atoms with E-state index in [9.17, 15) is 4.57 Å². The van der Waals surface area contributed by atoms with Gasteiger partial charge in [-0.3, -0.25) is 4.57 Å². The van der Waals surface area contributed by atoms with E-state index in [4.69, 9.17) is 0 Å². The zero-order valence-electron chi connectivity index (χ0n) is 5.72. The third kappa shape index (κ3) is 3.15. The molecular formula is C6H13OP. The number of hydrogen-bond acceptors (Lipinski definition) is 1. The average molecular weight is 132 g/mol. The third-order valence-electron chi connectivity index (χ3n) is 1.50. The molecule has 0 rings (SSSR count). The molecular weight excluding hydrogens is 119 g/mol. The van der Waals surface area contributed by atoms with Crippen LogP contribution in [0.4, 0.5) is 0 Å². The predicted octanol–water partition coefficient (Wildman–Crippen LogP) is 2.57. The van der Waals surface area contributed by atoms with Crippen molar-refractivity contribution >= 4 is 8.46 Å². The molecule has 0 spiro atoms. The first kappa shape index (κ1) is 8.10. The topological polar surface area (TPSA) is 17.1 Å². The van der Waals surface area contributed by atoms with Gasteiger partial charge in [-0.25, -0.2) is 0 Å². The van der Waals surface area contributed by atoms with Gasteiger partial charge in [0, 0.05) is 6.16 Å². The normalized spacial score (nSPS) is 15.0. The lowest BCUT2D eigenvalue weighted by molar-refractivity contribution is 0.458. The molecule has 1 atom stereocenters. The lowest BCUT2D eigenvalue weighted by Crippen LogP contribution is -2.04. The second-order valence-electron chi connectivity index (χ2n) is 2.53. The summed E-state index contributed by atoms with van der Waals surface area (Å²) in [6.45, 7) is 6.42. The van der Waals surface area contributed by atoms with Crippen molar-refractivity contribution in [3.8, 4) is 0 Å². The van der Waals surface area contributed by atoms with Gasteiger partial charge in [0.2, 0.25) is 0 Å². The van der Waals surface area contributed by atoms with E-state index in [0.29, 0.717) is 11.8 Å². The van der Waals surface area contributed by atoms with Crippen LogP contribution in [0.5, 0.6) is 0 Å². The van der Waals surface area contributed by atoms with Crippen molar-refractivity contribution in [2.45, 2.75) is 20.8 Å². The maximum Gasteiger partial charge on any atom is 0.155 e. The summed E-state index contributed by atoms with van der Waals surface area (Å²) in [5, 5.41) is 0. The van der Waals surface area contributed by atoms with E-state index in [2.05, 4.69) is 20.8 Å². The molecule has 1 nitrogen and oxygen atoms in total. The molecule has 0 aliphatic carbocycles. The van der Waals surface area contributed by atoms with Crippen LogP contribution in [-0.4, -0.2) is 6.16 Å². The summed E-state index contributed by atoms with van der Waals surface area (Å²) in [6, 6.07) is 0. The van der Waals surface area contributed by atoms with Crippen LogP contribution in [0, 0.1) is 11.8 Å². The zero-order chi connectivity index (χ0) is 6.57. The van der Waals surface area contributed by atoms with E-state index in [0.717, 1.165) is 6.16 Å². The van der Waals surface area contributed by atoms with Crippen LogP contribution < -0.4 is 0 Å². The Morgan fingerprint density at radius 3 is 2.00 bits per heavy atom. The Hall–Kier alpha value is 0.100. The fourth-order valence-electron chi connectivity index (χ4n) is 0.328. The Labute approximate surface area is 52.7 Å². The molecule has 0 aromatic heterocycles. The Morgan fingerprint density at radius 1 is 1.38 bits per heavy atom. The van der Waals surface area contributed by atoms with E-state index in [1.165, 1.54) is 0 Å². The van der Waals surface area contributed by atoms with Gasteiger partial charge in [-0.05, 0) is 11.8 Å². The van der Waals surface area contributed by atoms with E-state index in [1.807, 2.05) is 0 Å². The number of rotatable bonds is 3. The first-order valence-electron chi connectivity index (χ1n) is 2.97. The molecule has 0 fully saturated rings. The van der Waals surface area contributed by atoms with Crippen molar-refractivity contribution in [3.63, 3.8) is 0 Å². The SMILES string of the molecule is CC(C)C(C)CP=O. The highest BCUT2D eigenvalue weighted by Crippen LogP contribution is 2.13. The molecule has 0 amide bonds. The third-order valence-corrected chi connectivity index (χ3v) is 2.23. The molecule has 0 aliphatic rings. The van der Waals surface area contributed by atoms with E-state index in [1.54, 1.807) is 0 Å². The molecule has 0 aliphatic heterocycles. The van der Waals surface area contributed by atoms with Gasteiger partial charge in [-0.2, -0.15) is 0 Å². The highest BCUT2D eigenvalue weighted by Gasteiger charge is 2.04. The maximum atomic E-state index is 10.0. The quantitative estimate of drug-likeness (QED) is 0.539. The van der Waals surface area contributed by atoms with Gasteiger partial charge in [0.25, 0.3) is 0 Å². The molecule has 48 valence electrons. The largest absolute Gasteiger partial charge is 0.275 e. The smallest absolute Gasteiger partial charge is 0.155 e. The maximum absolute atomic E-state index is 10.0. The summed E-state index contributed by atoms with van der Waals surface area (Å²) in [6.07, 6.45) is 0.803. The predicted molar refractivity (Wildman–Crippen MR) is 36.5 cm³/mol. The molecule has 8 heavy (non-hydrogen) atoms. The van der Waals surface area contributed by atoms with Gasteiger partial charge >= 0.3 is 0 Å². The van der Waals surface area contributed by atoms with Crippen molar-refractivity contribution in [2.75, 3.05) is 6.16 Å². The van der Waals surface area contributed by atoms with Crippen LogP contribution in [0.1, 0.15) is 20.8 Å². The fraction of sp³-hybridized carbons (Fsp3) is 1.00. The summed E-state index contributed by atoms with van der Waals surface area (Å²) < 4.78 is 10.0. The van der Waals surface area contributed by atoms with Crippen LogP contribution in [0.2, 0.25) is 0 Å². The molecule has 0 bridgehead atoms. The minimum atomic E-state index is 0.284. The Balaban J connectivity index is 3.30. The minimum absolute atomic E-state index is 0.284.